The number of halogens is 1. The zero-order valence-electron chi connectivity index (χ0n) is 11.9. The van der Waals surface area contributed by atoms with Gasteiger partial charge in [-0.3, -0.25) is 0 Å². The third-order valence-corrected chi connectivity index (χ3v) is 3.10. The second kappa shape index (κ2) is 5.44. The minimum Gasteiger partial charge on any atom is -0.476 e. The highest BCUT2D eigenvalue weighted by Gasteiger charge is 2.11. The Morgan fingerprint density at radius 3 is 2.64 bits per heavy atom. The Bertz CT molecular complexity index is 853. The summed E-state index contributed by atoms with van der Waals surface area (Å²) < 4.78 is 19.1. The van der Waals surface area contributed by atoms with E-state index in [1.165, 1.54) is 12.1 Å². The van der Waals surface area contributed by atoms with E-state index in [-0.39, 0.29) is 11.6 Å². The van der Waals surface area contributed by atoms with Crippen molar-refractivity contribution in [1.29, 1.82) is 0 Å². The van der Waals surface area contributed by atoms with Crippen molar-refractivity contribution in [2.24, 2.45) is 0 Å². The predicted molar refractivity (Wildman–Crippen MR) is 82.7 cm³/mol. The standard InChI is InChI=1S/C15H14FN5O/c1-2-22-14-13-12(20-15(18)21-14)6-5-11(19-13)8-3-4-10(17)9(16)7-8/h3-7H,2,17H2,1H3,(H2,18,20,21). The highest BCUT2D eigenvalue weighted by Crippen LogP contribution is 2.27. The smallest absolute Gasteiger partial charge is 0.245 e. The van der Waals surface area contributed by atoms with E-state index in [2.05, 4.69) is 15.0 Å². The summed E-state index contributed by atoms with van der Waals surface area (Å²) in [5, 5.41) is 0. The highest BCUT2D eigenvalue weighted by molar-refractivity contribution is 5.83. The quantitative estimate of drug-likeness (QED) is 0.720. The van der Waals surface area contributed by atoms with Crippen LogP contribution >= 0.6 is 0 Å². The molecule has 0 aliphatic rings. The minimum atomic E-state index is -0.488. The molecule has 4 N–H and O–H groups in total. The molecule has 6 nitrogen and oxygen atoms in total. The first-order valence-corrected chi connectivity index (χ1v) is 6.71. The van der Waals surface area contributed by atoms with Crippen LogP contribution in [0.5, 0.6) is 5.88 Å². The largest absolute Gasteiger partial charge is 0.476 e. The summed E-state index contributed by atoms with van der Waals surface area (Å²) in [7, 11) is 0. The molecule has 3 rings (SSSR count). The monoisotopic (exact) mass is 299 g/mol. The Balaban J connectivity index is 2.17. The molecule has 0 spiro atoms. The van der Waals surface area contributed by atoms with Crippen molar-refractivity contribution in [2.45, 2.75) is 6.92 Å². The van der Waals surface area contributed by atoms with Crippen molar-refractivity contribution >= 4 is 22.7 Å². The number of benzene rings is 1. The number of pyridine rings is 1. The van der Waals surface area contributed by atoms with Gasteiger partial charge >= 0.3 is 0 Å². The second-order valence-corrected chi connectivity index (χ2v) is 4.62. The maximum atomic E-state index is 13.6. The van der Waals surface area contributed by atoms with E-state index in [1.54, 1.807) is 18.2 Å². The van der Waals surface area contributed by atoms with E-state index >= 15 is 0 Å². The zero-order chi connectivity index (χ0) is 15.7. The lowest BCUT2D eigenvalue weighted by Crippen LogP contribution is -2.03. The van der Waals surface area contributed by atoms with Gasteiger partial charge in [-0.05, 0) is 31.2 Å². The molecule has 0 fully saturated rings. The highest BCUT2D eigenvalue weighted by atomic mass is 19.1. The van der Waals surface area contributed by atoms with Gasteiger partial charge < -0.3 is 16.2 Å². The summed E-state index contributed by atoms with van der Waals surface area (Å²) in [5.74, 6) is -0.0650. The normalized spacial score (nSPS) is 10.8. The Morgan fingerprint density at radius 1 is 1.09 bits per heavy atom. The van der Waals surface area contributed by atoms with E-state index in [9.17, 15) is 4.39 Å². The maximum Gasteiger partial charge on any atom is 0.245 e. The van der Waals surface area contributed by atoms with Crippen LogP contribution in [0.2, 0.25) is 0 Å². The molecule has 0 aliphatic heterocycles. The van der Waals surface area contributed by atoms with Gasteiger partial charge in [0.05, 0.1) is 23.5 Å². The zero-order valence-corrected chi connectivity index (χ0v) is 11.9. The van der Waals surface area contributed by atoms with Crippen molar-refractivity contribution in [2.75, 3.05) is 18.1 Å². The molecule has 0 unspecified atom stereocenters. The van der Waals surface area contributed by atoms with Crippen molar-refractivity contribution in [3.8, 4) is 17.1 Å². The molecule has 22 heavy (non-hydrogen) atoms. The third-order valence-electron chi connectivity index (χ3n) is 3.10. The van der Waals surface area contributed by atoms with Crippen LogP contribution in [0, 0.1) is 5.82 Å². The molecular weight excluding hydrogens is 285 g/mol. The van der Waals surface area contributed by atoms with Gasteiger partial charge in [0.15, 0.2) is 5.52 Å². The lowest BCUT2D eigenvalue weighted by molar-refractivity contribution is 0.330. The van der Waals surface area contributed by atoms with Crippen molar-refractivity contribution < 1.29 is 9.13 Å². The average molecular weight is 299 g/mol. The molecule has 0 bridgehead atoms. The van der Waals surface area contributed by atoms with Crippen molar-refractivity contribution in [3.63, 3.8) is 0 Å². The molecule has 0 amide bonds. The average Bonchev–Trinajstić information content (AvgIpc) is 2.50. The van der Waals surface area contributed by atoms with Crippen LogP contribution in [0.1, 0.15) is 6.92 Å². The number of hydrogen-bond acceptors (Lipinski definition) is 6. The van der Waals surface area contributed by atoms with Gasteiger partial charge in [-0.15, -0.1) is 0 Å². The Hall–Kier alpha value is -2.96. The first-order valence-electron chi connectivity index (χ1n) is 6.71. The van der Waals surface area contributed by atoms with Gasteiger partial charge in [0.25, 0.3) is 0 Å². The number of hydrogen-bond donors (Lipinski definition) is 2. The summed E-state index contributed by atoms with van der Waals surface area (Å²) in [5.41, 5.74) is 13.4. The number of anilines is 2. The van der Waals surface area contributed by atoms with Crippen LogP contribution in [0.3, 0.4) is 0 Å². The van der Waals surface area contributed by atoms with Gasteiger partial charge in [-0.2, -0.15) is 4.98 Å². The van der Waals surface area contributed by atoms with Crippen LogP contribution in [0.4, 0.5) is 16.0 Å². The lowest BCUT2D eigenvalue weighted by atomic mass is 10.1. The Kier molecular flexibility index (Phi) is 3.46. The predicted octanol–water partition coefficient (Wildman–Crippen LogP) is 2.39. The molecule has 2 heterocycles. The lowest BCUT2D eigenvalue weighted by Gasteiger charge is -2.08. The number of nitrogens with zero attached hydrogens (tertiary/aromatic N) is 3. The first kappa shape index (κ1) is 14.0. The van der Waals surface area contributed by atoms with E-state index in [0.29, 0.717) is 34.8 Å². The maximum absolute atomic E-state index is 13.6. The van der Waals surface area contributed by atoms with Gasteiger partial charge in [-0.25, -0.2) is 14.4 Å². The molecular formula is C15H14FN5O. The van der Waals surface area contributed by atoms with Crippen LogP contribution in [-0.2, 0) is 0 Å². The molecule has 0 saturated carbocycles. The fraction of sp³-hybridized carbons (Fsp3) is 0.133. The van der Waals surface area contributed by atoms with Crippen LogP contribution in [0.25, 0.3) is 22.3 Å². The molecule has 0 radical (unpaired) electrons. The number of aromatic nitrogens is 3. The number of nitrogens with two attached hydrogens (primary N) is 2. The molecule has 0 aliphatic carbocycles. The third kappa shape index (κ3) is 2.48. The Morgan fingerprint density at radius 2 is 1.91 bits per heavy atom. The number of ether oxygens (including phenoxy) is 1. The second-order valence-electron chi connectivity index (χ2n) is 4.62. The SMILES string of the molecule is CCOc1nc(N)nc2ccc(-c3ccc(N)c(F)c3)nc12. The summed E-state index contributed by atoms with van der Waals surface area (Å²) in [6.45, 7) is 2.26. The molecule has 1 aromatic carbocycles. The van der Waals surface area contributed by atoms with Gasteiger partial charge in [0.2, 0.25) is 11.8 Å². The van der Waals surface area contributed by atoms with Crippen molar-refractivity contribution in [3.05, 3.63) is 36.1 Å². The number of nitrogen functional groups attached to an aromatic ring is 2. The Labute approximate surface area is 126 Å². The van der Waals surface area contributed by atoms with Crippen LogP contribution < -0.4 is 16.2 Å². The first-order chi connectivity index (χ1) is 10.6. The molecule has 7 heteroatoms. The molecule has 0 saturated heterocycles. The van der Waals surface area contributed by atoms with E-state index in [4.69, 9.17) is 16.2 Å². The fourth-order valence-corrected chi connectivity index (χ4v) is 2.09. The van der Waals surface area contributed by atoms with Crippen LogP contribution in [-0.4, -0.2) is 21.6 Å². The van der Waals surface area contributed by atoms with Gasteiger partial charge in [0.1, 0.15) is 5.82 Å². The summed E-state index contributed by atoms with van der Waals surface area (Å²) >= 11 is 0. The molecule has 0 atom stereocenters. The summed E-state index contributed by atoms with van der Waals surface area (Å²) in [6, 6.07) is 8.01. The minimum absolute atomic E-state index is 0.0932. The number of rotatable bonds is 3. The summed E-state index contributed by atoms with van der Waals surface area (Å²) in [6.07, 6.45) is 0. The van der Waals surface area contributed by atoms with Gasteiger partial charge in [0, 0.05) is 5.56 Å². The van der Waals surface area contributed by atoms with Gasteiger partial charge in [-0.1, -0.05) is 6.07 Å². The van der Waals surface area contributed by atoms with Crippen LogP contribution in [0.15, 0.2) is 30.3 Å². The topological polar surface area (TPSA) is 99.9 Å². The van der Waals surface area contributed by atoms with Crippen molar-refractivity contribution in [1.82, 2.24) is 15.0 Å². The molecule has 3 aromatic rings. The van der Waals surface area contributed by atoms with E-state index in [1.807, 2.05) is 6.92 Å². The van der Waals surface area contributed by atoms with E-state index in [0.717, 1.165) is 0 Å². The molecule has 112 valence electrons. The number of fused-ring (bicyclic) bond motifs is 1. The van der Waals surface area contributed by atoms with E-state index < -0.39 is 5.82 Å². The molecule has 2 aromatic heterocycles. The fourth-order valence-electron chi connectivity index (χ4n) is 2.09. The summed E-state index contributed by atoms with van der Waals surface area (Å²) in [4.78, 5) is 12.6.